The minimum absolute atomic E-state index is 0.123. The van der Waals surface area contributed by atoms with Crippen molar-refractivity contribution in [3.8, 4) is 0 Å². The van der Waals surface area contributed by atoms with Crippen LogP contribution in [-0.2, 0) is 12.8 Å². The van der Waals surface area contributed by atoms with Gasteiger partial charge in [-0.15, -0.1) is 0 Å². The molecule has 0 nitrogen and oxygen atoms in total. The van der Waals surface area contributed by atoms with Crippen LogP contribution in [0.4, 0.5) is 17.6 Å². The molecule has 2 rings (SSSR count). The third-order valence-electron chi connectivity index (χ3n) is 4.13. The van der Waals surface area contributed by atoms with Crippen molar-refractivity contribution in [2.24, 2.45) is 0 Å². The highest BCUT2D eigenvalue weighted by Crippen LogP contribution is 2.25. The van der Waals surface area contributed by atoms with Gasteiger partial charge in [0.05, 0.1) is 0 Å². The molecule has 0 fully saturated rings. The molecule has 0 aromatic heterocycles. The second-order valence-corrected chi connectivity index (χ2v) is 6.12. The fourth-order valence-corrected chi connectivity index (χ4v) is 2.60. The Hall–Kier alpha value is -2.10. The quantitative estimate of drug-likeness (QED) is 0.357. The molecule has 0 saturated heterocycles. The number of aryl methyl sites for hydroxylation is 2. The van der Waals surface area contributed by atoms with Crippen LogP contribution in [0.25, 0.3) is 5.83 Å². The molecule has 2 aromatic carbocycles. The van der Waals surface area contributed by atoms with Crippen molar-refractivity contribution < 1.29 is 17.6 Å². The summed E-state index contributed by atoms with van der Waals surface area (Å²) in [6.07, 6.45) is 3.75. The first-order valence-electron chi connectivity index (χ1n) is 8.58. The van der Waals surface area contributed by atoms with Crippen LogP contribution in [0.2, 0.25) is 0 Å². The predicted molar refractivity (Wildman–Crippen MR) is 93.5 cm³/mol. The Morgan fingerprint density at radius 3 is 2.08 bits per heavy atom. The van der Waals surface area contributed by atoms with Crippen molar-refractivity contribution in [3.63, 3.8) is 0 Å². The van der Waals surface area contributed by atoms with Gasteiger partial charge in [0.1, 0.15) is 5.83 Å². The topological polar surface area (TPSA) is 0 Å². The fraction of sp³-hybridized carbons (Fsp3) is 0.333. The normalized spacial score (nSPS) is 12.2. The molecular formula is C21H22F4. The fourth-order valence-electron chi connectivity index (χ4n) is 2.60. The lowest BCUT2D eigenvalue weighted by Gasteiger charge is -2.05. The maximum absolute atomic E-state index is 14.0. The standard InChI is InChI=1S/C21H22F4/c1-2-3-4-5-19(23)21(25)17-11-8-15(9-12-17)6-7-16-10-13-18(22)20(24)14-16/h8-14H,2-7H2,1H3/b21-19+. The van der Waals surface area contributed by atoms with E-state index in [2.05, 4.69) is 0 Å². The van der Waals surface area contributed by atoms with E-state index in [1.165, 1.54) is 6.07 Å². The Morgan fingerprint density at radius 2 is 1.44 bits per heavy atom. The van der Waals surface area contributed by atoms with Crippen LogP contribution in [0.5, 0.6) is 0 Å². The molecule has 0 unspecified atom stereocenters. The number of rotatable bonds is 8. The van der Waals surface area contributed by atoms with Crippen molar-refractivity contribution in [1.29, 1.82) is 0 Å². The molecule has 0 radical (unpaired) electrons. The number of hydrogen-bond donors (Lipinski definition) is 0. The third-order valence-corrected chi connectivity index (χ3v) is 4.13. The minimum Gasteiger partial charge on any atom is -0.209 e. The van der Waals surface area contributed by atoms with E-state index in [-0.39, 0.29) is 12.0 Å². The summed E-state index contributed by atoms with van der Waals surface area (Å²) in [5, 5.41) is 0. The Balaban J connectivity index is 1.97. The summed E-state index contributed by atoms with van der Waals surface area (Å²) < 4.78 is 53.9. The average Bonchev–Trinajstić information content (AvgIpc) is 2.62. The van der Waals surface area contributed by atoms with Crippen molar-refractivity contribution in [2.45, 2.75) is 45.4 Å². The summed E-state index contributed by atoms with van der Waals surface area (Å²) in [7, 11) is 0. The molecule has 0 amide bonds. The number of halogens is 4. The maximum Gasteiger partial charge on any atom is 0.161 e. The molecule has 134 valence electrons. The molecule has 0 aliphatic heterocycles. The predicted octanol–water partition coefficient (Wildman–Crippen LogP) is 6.94. The lowest BCUT2D eigenvalue weighted by atomic mass is 10.0. The van der Waals surface area contributed by atoms with Crippen molar-refractivity contribution in [2.75, 3.05) is 0 Å². The highest BCUT2D eigenvalue weighted by Gasteiger charge is 2.09. The van der Waals surface area contributed by atoms with E-state index in [1.807, 2.05) is 6.92 Å². The molecule has 0 N–H and O–H groups in total. The maximum atomic E-state index is 14.0. The van der Waals surface area contributed by atoms with Gasteiger partial charge < -0.3 is 0 Å². The van der Waals surface area contributed by atoms with Gasteiger partial charge in [0.2, 0.25) is 0 Å². The van der Waals surface area contributed by atoms with Gasteiger partial charge in [0.25, 0.3) is 0 Å². The van der Waals surface area contributed by atoms with E-state index >= 15 is 0 Å². The van der Waals surface area contributed by atoms with Crippen LogP contribution in [0.15, 0.2) is 48.3 Å². The second kappa shape index (κ2) is 9.40. The number of allylic oxidation sites excluding steroid dienone is 1. The van der Waals surface area contributed by atoms with E-state index in [0.717, 1.165) is 24.5 Å². The summed E-state index contributed by atoms with van der Waals surface area (Å²) in [5.74, 6) is -3.24. The van der Waals surface area contributed by atoms with Gasteiger partial charge >= 0.3 is 0 Å². The Kier molecular flexibility index (Phi) is 7.23. The second-order valence-electron chi connectivity index (χ2n) is 6.12. The van der Waals surface area contributed by atoms with Gasteiger partial charge in [0.15, 0.2) is 17.5 Å². The van der Waals surface area contributed by atoms with Crippen LogP contribution in [-0.4, -0.2) is 0 Å². The molecule has 2 aromatic rings. The highest BCUT2D eigenvalue weighted by atomic mass is 19.2. The number of benzene rings is 2. The molecule has 0 atom stereocenters. The number of unbranched alkanes of at least 4 members (excludes halogenated alkanes) is 2. The summed E-state index contributed by atoms with van der Waals surface area (Å²) in [5.41, 5.74) is 1.84. The Labute approximate surface area is 146 Å². The molecule has 4 heteroatoms. The van der Waals surface area contributed by atoms with Crippen LogP contribution in [0.3, 0.4) is 0 Å². The molecule has 0 bridgehead atoms. The summed E-state index contributed by atoms with van der Waals surface area (Å²) in [6.45, 7) is 2.01. The zero-order valence-corrected chi connectivity index (χ0v) is 14.3. The van der Waals surface area contributed by atoms with Crippen LogP contribution >= 0.6 is 0 Å². The Bertz CT molecular complexity index is 717. The molecule has 0 saturated carbocycles. The van der Waals surface area contributed by atoms with Crippen LogP contribution < -0.4 is 0 Å². The lowest BCUT2D eigenvalue weighted by Crippen LogP contribution is -1.94. The van der Waals surface area contributed by atoms with Gasteiger partial charge in [0, 0.05) is 12.0 Å². The van der Waals surface area contributed by atoms with E-state index in [0.29, 0.717) is 24.8 Å². The van der Waals surface area contributed by atoms with Gasteiger partial charge in [-0.05, 0) is 42.5 Å². The minimum atomic E-state index is -0.865. The molecule has 25 heavy (non-hydrogen) atoms. The SMILES string of the molecule is CCCCC/C(F)=C(\F)c1ccc(CCc2ccc(F)c(F)c2)cc1. The van der Waals surface area contributed by atoms with Crippen LogP contribution in [0.1, 0.15) is 49.3 Å². The molecule has 0 aliphatic carbocycles. The van der Waals surface area contributed by atoms with E-state index < -0.39 is 23.3 Å². The smallest absolute Gasteiger partial charge is 0.161 e. The van der Waals surface area contributed by atoms with Gasteiger partial charge in [-0.1, -0.05) is 50.1 Å². The number of hydrogen-bond acceptors (Lipinski definition) is 0. The van der Waals surface area contributed by atoms with Gasteiger partial charge in [-0.25, -0.2) is 17.6 Å². The lowest BCUT2D eigenvalue weighted by molar-refractivity contribution is 0.507. The Morgan fingerprint density at radius 1 is 0.800 bits per heavy atom. The summed E-state index contributed by atoms with van der Waals surface area (Å²) in [4.78, 5) is 0. The highest BCUT2D eigenvalue weighted by molar-refractivity contribution is 5.61. The first-order valence-corrected chi connectivity index (χ1v) is 8.58. The summed E-state index contributed by atoms with van der Waals surface area (Å²) >= 11 is 0. The molecule has 0 spiro atoms. The largest absolute Gasteiger partial charge is 0.209 e. The van der Waals surface area contributed by atoms with Crippen LogP contribution in [0, 0.1) is 11.6 Å². The monoisotopic (exact) mass is 350 g/mol. The molecule has 0 heterocycles. The first kappa shape index (κ1) is 19.2. The van der Waals surface area contributed by atoms with E-state index in [1.54, 1.807) is 30.3 Å². The zero-order chi connectivity index (χ0) is 18.2. The first-order chi connectivity index (χ1) is 12.0. The van der Waals surface area contributed by atoms with Crippen molar-refractivity contribution >= 4 is 5.83 Å². The van der Waals surface area contributed by atoms with E-state index in [4.69, 9.17) is 0 Å². The van der Waals surface area contributed by atoms with Crippen molar-refractivity contribution in [3.05, 3.63) is 76.6 Å². The van der Waals surface area contributed by atoms with Gasteiger partial charge in [-0.3, -0.25) is 0 Å². The molecule has 0 aliphatic rings. The average molecular weight is 350 g/mol. The molecular weight excluding hydrogens is 328 g/mol. The zero-order valence-electron chi connectivity index (χ0n) is 14.3. The van der Waals surface area contributed by atoms with Gasteiger partial charge in [-0.2, -0.15) is 0 Å². The van der Waals surface area contributed by atoms with Crippen molar-refractivity contribution in [1.82, 2.24) is 0 Å². The summed E-state index contributed by atoms with van der Waals surface area (Å²) in [6, 6.07) is 10.4. The van der Waals surface area contributed by atoms with E-state index in [9.17, 15) is 17.6 Å². The third kappa shape index (κ3) is 5.73.